The molecule has 0 fully saturated rings. The molecule has 2 aromatic rings. The van der Waals surface area contributed by atoms with Gasteiger partial charge in [-0.25, -0.2) is 5.43 Å². The van der Waals surface area contributed by atoms with Gasteiger partial charge in [-0.3, -0.25) is 10.5 Å². The van der Waals surface area contributed by atoms with Gasteiger partial charge < -0.3 is 0 Å². The van der Waals surface area contributed by atoms with Crippen molar-refractivity contribution in [3.63, 3.8) is 0 Å². The van der Waals surface area contributed by atoms with Crippen LogP contribution in [0.15, 0.2) is 36.5 Å². The molecule has 1 heterocycles. The molecule has 4 nitrogen and oxygen atoms in total. The van der Waals surface area contributed by atoms with Crippen molar-refractivity contribution in [3.8, 4) is 0 Å². The monoisotopic (exact) mass is 270 g/mol. The number of benzene rings is 1. The first-order chi connectivity index (χ1) is 8.95. The van der Waals surface area contributed by atoms with Crippen molar-refractivity contribution in [3.05, 3.63) is 53.3 Å². The topological polar surface area (TPSA) is 55.9 Å². The van der Waals surface area contributed by atoms with Crippen LogP contribution in [-0.4, -0.2) is 9.78 Å². The standard InChI is InChI=1S/C12H13F3N4/c1-19-10(6-7-17-19)11(18-16)8-4-2-3-5-9(8)12(13,14)15/h2-7,11,18H,16H2,1H3. The van der Waals surface area contributed by atoms with Crippen LogP contribution in [0.3, 0.4) is 0 Å². The highest BCUT2D eigenvalue weighted by Crippen LogP contribution is 2.35. The number of aryl methyl sites for hydroxylation is 1. The number of rotatable bonds is 3. The second kappa shape index (κ2) is 5.02. The summed E-state index contributed by atoms with van der Waals surface area (Å²) >= 11 is 0. The minimum absolute atomic E-state index is 0.0705. The first-order valence-corrected chi connectivity index (χ1v) is 5.55. The quantitative estimate of drug-likeness (QED) is 0.662. The molecular formula is C12H13F3N4. The molecule has 19 heavy (non-hydrogen) atoms. The van der Waals surface area contributed by atoms with Gasteiger partial charge in [0.25, 0.3) is 0 Å². The maximum absolute atomic E-state index is 13.0. The fourth-order valence-corrected chi connectivity index (χ4v) is 2.01. The van der Waals surface area contributed by atoms with Crippen molar-refractivity contribution in [1.29, 1.82) is 0 Å². The van der Waals surface area contributed by atoms with Crippen LogP contribution in [0, 0.1) is 0 Å². The van der Waals surface area contributed by atoms with Crippen molar-refractivity contribution in [2.45, 2.75) is 12.2 Å². The molecule has 0 aliphatic carbocycles. The summed E-state index contributed by atoms with van der Waals surface area (Å²) in [6.45, 7) is 0. The summed E-state index contributed by atoms with van der Waals surface area (Å²) in [7, 11) is 1.65. The molecule has 1 unspecified atom stereocenters. The lowest BCUT2D eigenvalue weighted by Crippen LogP contribution is -2.32. The first-order valence-electron chi connectivity index (χ1n) is 5.55. The first kappa shape index (κ1) is 13.6. The minimum atomic E-state index is -4.43. The van der Waals surface area contributed by atoms with E-state index in [2.05, 4.69) is 10.5 Å². The van der Waals surface area contributed by atoms with Gasteiger partial charge in [-0.1, -0.05) is 18.2 Å². The molecule has 0 radical (unpaired) electrons. The van der Waals surface area contributed by atoms with Gasteiger partial charge in [-0.15, -0.1) is 0 Å². The van der Waals surface area contributed by atoms with Crippen LogP contribution >= 0.6 is 0 Å². The summed E-state index contributed by atoms with van der Waals surface area (Å²) in [6, 6.07) is 6.19. The molecule has 0 bridgehead atoms. The number of nitrogens with two attached hydrogens (primary N) is 1. The third kappa shape index (κ3) is 2.61. The lowest BCUT2D eigenvalue weighted by molar-refractivity contribution is -0.138. The van der Waals surface area contributed by atoms with Gasteiger partial charge in [0.15, 0.2) is 0 Å². The number of hydrogen-bond donors (Lipinski definition) is 2. The lowest BCUT2D eigenvalue weighted by atomic mass is 9.98. The average Bonchev–Trinajstić information content (AvgIpc) is 2.76. The third-order valence-corrected chi connectivity index (χ3v) is 2.90. The van der Waals surface area contributed by atoms with Gasteiger partial charge in [0, 0.05) is 13.2 Å². The Kier molecular flexibility index (Phi) is 3.59. The number of nitrogens with one attached hydrogen (secondary N) is 1. The number of aromatic nitrogens is 2. The van der Waals surface area contributed by atoms with Crippen LogP contribution in [0.5, 0.6) is 0 Å². The molecule has 1 aromatic heterocycles. The van der Waals surface area contributed by atoms with E-state index in [4.69, 9.17) is 5.84 Å². The number of halogens is 3. The molecule has 0 amide bonds. The van der Waals surface area contributed by atoms with E-state index in [9.17, 15) is 13.2 Å². The van der Waals surface area contributed by atoms with E-state index in [0.29, 0.717) is 5.69 Å². The zero-order valence-electron chi connectivity index (χ0n) is 10.1. The van der Waals surface area contributed by atoms with Gasteiger partial charge in [-0.2, -0.15) is 18.3 Å². The second-order valence-corrected chi connectivity index (χ2v) is 4.06. The molecule has 1 atom stereocenters. The van der Waals surface area contributed by atoms with Crippen molar-refractivity contribution in [2.75, 3.05) is 0 Å². The van der Waals surface area contributed by atoms with Gasteiger partial charge in [-0.05, 0) is 17.7 Å². The Bertz CT molecular complexity index is 562. The molecule has 102 valence electrons. The van der Waals surface area contributed by atoms with Crippen molar-refractivity contribution >= 4 is 0 Å². The molecule has 3 N–H and O–H groups in total. The molecule has 0 saturated carbocycles. The normalized spacial score (nSPS) is 13.5. The molecule has 0 saturated heterocycles. The van der Waals surface area contributed by atoms with Crippen LogP contribution in [0.4, 0.5) is 13.2 Å². The molecular weight excluding hydrogens is 257 g/mol. The van der Waals surface area contributed by atoms with Gasteiger partial charge >= 0.3 is 6.18 Å². The molecule has 0 spiro atoms. The molecule has 0 aliphatic rings. The second-order valence-electron chi connectivity index (χ2n) is 4.06. The van der Waals surface area contributed by atoms with E-state index in [1.165, 1.54) is 23.0 Å². The van der Waals surface area contributed by atoms with E-state index in [0.717, 1.165) is 6.07 Å². The Morgan fingerprint density at radius 3 is 2.47 bits per heavy atom. The summed E-state index contributed by atoms with van der Waals surface area (Å²) in [5.74, 6) is 5.42. The maximum atomic E-state index is 13.0. The van der Waals surface area contributed by atoms with Gasteiger partial charge in [0.1, 0.15) is 0 Å². The summed E-state index contributed by atoms with van der Waals surface area (Å²) in [5.41, 5.74) is 2.33. The SMILES string of the molecule is Cn1nccc1C(NN)c1ccccc1C(F)(F)F. The van der Waals surface area contributed by atoms with Crippen LogP contribution < -0.4 is 11.3 Å². The van der Waals surface area contributed by atoms with Crippen molar-refractivity contribution in [1.82, 2.24) is 15.2 Å². The highest BCUT2D eigenvalue weighted by atomic mass is 19.4. The van der Waals surface area contributed by atoms with E-state index in [1.807, 2.05) is 0 Å². The van der Waals surface area contributed by atoms with Crippen LogP contribution in [-0.2, 0) is 13.2 Å². The Morgan fingerprint density at radius 1 is 1.26 bits per heavy atom. The lowest BCUT2D eigenvalue weighted by Gasteiger charge is -2.21. The zero-order valence-corrected chi connectivity index (χ0v) is 10.1. The Balaban J connectivity index is 2.54. The average molecular weight is 270 g/mol. The molecule has 7 heteroatoms. The number of hydrogen-bond acceptors (Lipinski definition) is 3. The molecule has 2 rings (SSSR count). The van der Waals surface area contributed by atoms with E-state index < -0.39 is 17.8 Å². The smallest absolute Gasteiger partial charge is 0.271 e. The zero-order chi connectivity index (χ0) is 14.0. The molecule has 1 aromatic carbocycles. The highest BCUT2D eigenvalue weighted by molar-refractivity contribution is 5.36. The summed E-state index contributed by atoms with van der Waals surface area (Å²) < 4.78 is 40.5. The van der Waals surface area contributed by atoms with E-state index in [1.54, 1.807) is 19.2 Å². The van der Waals surface area contributed by atoms with Gasteiger partial charge in [0.2, 0.25) is 0 Å². The maximum Gasteiger partial charge on any atom is 0.416 e. The summed E-state index contributed by atoms with van der Waals surface area (Å²) in [5, 5.41) is 3.94. The van der Waals surface area contributed by atoms with Crippen LogP contribution in [0.2, 0.25) is 0 Å². The van der Waals surface area contributed by atoms with Crippen LogP contribution in [0.25, 0.3) is 0 Å². The Labute approximate surface area is 108 Å². The summed E-state index contributed by atoms with van der Waals surface area (Å²) in [4.78, 5) is 0. The molecule has 0 aliphatic heterocycles. The highest BCUT2D eigenvalue weighted by Gasteiger charge is 2.35. The fraction of sp³-hybridized carbons (Fsp3) is 0.250. The van der Waals surface area contributed by atoms with Crippen molar-refractivity contribution < 1.29 is 13.2 Å². The van der Waals surface area contributed by atoms with Crippen molar-refractivity contribution in [2.24, 2.45) is 12.9 Å². The number of alkyl halides is 3. The third-order valence-electron chi connectivity index (χ3n) is 2.90. The fourth-order valence-electron chi connectivity index (χ4n) is 2.01. The number of hydrazine groups is 1. The predicted octanol–water partition coefficient (Wildman–Crippen LogP) is 1.99. The van der Waals surface area contributed by atoms with Gasteiger partial charge in [0.05, 0.1) is 17.3 Å². The number of nitrogens with zero attached hydrogens (tertiary/aromatic N) is 2. The Morgan fingerprint density at radius 2 is 1.95 bits per heavy atom. The summed E-state index contributed by atoms with van der Waals surface area (Å²) in [6.07, 6.45) is -2.92. The Hall–Kier alpha value is -1.86. The predicted molar refractivity (Wildman–Crippen MR) is 63.8 cm³/mol. The largest absolute Gasteiger partial charge is 0.416 e. The van der Waals surface area contributed by atoms with Crippen LogP contribution in [0.1, 0.15) is 22.9 Å². The minimum Gasteiger partial charge on any atom is -0.271 e. The van der Waals surface area contributed by atoms with E-state index >= 15 is 0 Å². The van der Waals surface area contributed by atoms with E-state index in [-0.39, 0.29) is 5.56 Å².